The summed E-state index contributed by atoms with van der Waals surface area (Å²) in [7, 11) is 0. The monoisotopic (exact) mass is 746 g/mol. The van der Waals surface area contributed by atoms with Crippen LogP contribution in [-0.2, 0) is 51.2 Å². The predicted molar refractivity (Wildman–Crippen MR) is 215 cm³/mol. The molecule has 4 unspecified atom stereocenters. The number of benzene rings is 4. The van der Waals surface area contributed by atoms with E-state index in [4.69, 9.17) is 18.6 Å². The first-order valence-electron chi connectivity index (χ1n) is 19.6. The molecule has 56 heavy (non-hydrogen) atoms. The molecule has 4 atom stereocenters. The second-order valence-corrected chi connectivity index (χ2v) is 15.9. The lowest BCUT2D eigenvalue weighted by molar-refractivity contribution is -0.190. The molecule has 4 heterocycles. The molecule has 0 saturated heterocycles. The molecule has 4 aromatic carbocycles. The smallest absolute Gasteiger partial charge is 0.336 e. The lowest BCUT2D eigenvalue weighted by Crippen LogP contribution is -2.54. The van der Waals surface area contributed by atoms with Crippen molar-refractivity contribution in [2.24, 2.45) is 5.92 Å². The molecule has 3 aliphatic rings. The number of esters is 2. The van der Waals surface area contributed by atoms with E-state index in [2.05, 4.69) is 78.6 Å². The third kappa shape index (κ3) is 7.93. The van der Waals surface area contributed by atoms with Crippen molar-refractivity contribution in [3.05, 3.63) is 158 Å². The van der Waals surface area contributed by atoms with Gasteiger partial charge < -0.3 is 18.6 Å². The van der Waals surface area contributed by atoms with E-state index in [0.29, 0.717) is 48.0 Å². The van der Waals surface area contributed by atoms with Crippen LogP contribution in [0, 0.1) is 17.8 Å². The molecule has 7 heteroatoms. The molecule has 5 bridgehead atoms. The van der Waals surface area contributed by atoms with Crippen molar-refractivity contribution in [1.29, 1.82) is 0 Å². The minimum Gasteiger partial charge on any atom is -0.482 e. The van der Waals surface area contributed by atoms with Gasteiger partial charge in [-0.15, -0.1) is 0 Å². The third-order valence-corrected chi connectivity index (χ3v) is 11.5. The highest BCUT2D eigenvalue weighted by Crippen LogP contribution is 2.48. The van der Waals surface area contributed by atoms with Gasteiger partial charge >= 0.3 is 17.6 Å². The Morgan fingerprint density at radius 3 is 2.43 bits per heavy atom. The molecule has 0 radical (unpaired) electrons. The van der Waals surface area contributed by atoms with Crippen LogP contribution in [0.15, 0.2) is 117 Å². The standard InChI is InChI=1S/C49H46O7/c1-31(2)40-22-18-34-17-19-39-29-36(16-15-33-12-9-13-35(27-33)26-32-10-5-4-6-11-32)30-43(51)54-46-44-41(23-20-37-21-24-42(50)53-45(37)44)56-49(3,47(46)55-48(40)52)25-8-7-14-38(39)28-34/h4-6,9-13,17,19-21,23-24,27-28,36,46-47H,14-16,18,22,25-26,29-30H2,1-3H3. The molecule has 7 nitrogen and oxygen atoms in total. The molecular weight excluding hydrogens is 701 g/mol. The second-order valence-electron chi connectivity index (χ2n) is 15.9. The Labute approximate surface area is 327 Å². The average molecular weight is 747 g/mol. The molecule has 0 aliphatic carbocycles. The van der Waals surface area contributed by atoms with Gasteiger partial charge in [-0.1, -0.05) is 90.2 Å². The zero-order valence-corrected chi connectivity index (χ0v) is 32.2. The Morgan fingerprint density at radius 2 is 1.59 bits per heavy atom. The van der Waals surface area contributed by atoms with E-state index in [9.17, 15) is 14.4 Å². The molecule has 0 spiro atoms. The van der Waals surface area contributed by atoms with Crippen molar-refractivity contribution >= 4 is 22.9 Å². The van der Waals surface area contributed by atoms with Gasteiger partial charge in [0.25, 0.3) is 0 Å². The van der Waals surface area contributed by atoms with Gasteiger partial charge in [0.1, 0.15) is 11.3 Å². The van der Waals surface area contributed by atoms with E-state index in [1.165, 1.54) is 22.8 Å². The highest BCUT2D eigenvalue weighted by molar-refractivity contribution is 5.90. The van der Waals surface area contributed by atoms with Crippen molar-refractivity contribution in [1.82, 2.24) is 0 Å². The minimum atomic E-state index is -1.21. The first-order chi connectivity index (χ1) is 27.1. The van der Waals surface area contributed by atoms with E-state index in [0.717, 1.165) is 41.5 Å². The molecule has 284 valence electrons. The second kappa shape index (κ2) is 15.7. The quantitative estimate of drug-likeness (QED) is 0.0767. The number of hydrogen-bond donors (Lipinski definition) is 0. The zero-order valence-electron chi connectivity index (χ0n) is 32.2. The fourth-order valence-electron chi connectivity index (χ4n) is 8.44. The number of carbonyl (C=O) groups is 2. The van der Waals surface area contributed by atoms with Crippen LogP contribution in [0.2, 0.25) is 0 Å². The van der Waals surface area contributed by atoms with E-state index < -0.39 is 35.4 Å². The summed E-state index contributed by atoms with van der Waals surface area (Å²) in [6.07, 6.45) is 2.81. The van der Waals surface area contributed by atoms with Crippen LogP contribution < -0.4 is 10.4 Å². The van der Waals surface area contributed by atoms with Gasteiger partial charge in [0.15, 0.2) is 17.8 Å². The Bertz CT molecular complexity index is 2460. The van der Waals surface area contributed by atoms with Crippen molar-refractivity contribution < 1.29 is 28.2 Å². The SMILES string of the molecule is CC(C)=C1CCc2ccc3c(c2)CC#CCC2(C)Oc4ccc5ccc(=O)oc5c4C(OC(=O)CC(CCc4cccc(Cc5ccccc5)c4)C3)C2OC1=O. The van der Waals surface area contributed by atoms with Crippen molar-refractivity contribution in [3.63, 3.8) is 0 Å². The van der Waals surface area contributed by atoms with E-state index in [-0.39, 0.29) is 24.3 Å². The van der Waals surface area contributed by atoms with Gasteiger partial charge in [-0.2, -0.15) is 0 Å². The largest absolute Gasteiger partial charge is 0.482 e. The molecule has 0 N–H and O–H groups in total. The lowest BCUT2D eigenvalue weighted by atomic mass is 9.83. The van der Waals surface area contributed by atoms with Crippen LogP contribution in [0.1, 0.15) is 91.5 Å². The summed E-state index contributed by atoms with van der Waals surface area (Å²) in [6.45, 7) is 5.65. The Kier molecular flexibility index (Phi) is 10.4. The molecule has 0 amide bonds. The number of allylic oxidation sites excluding steroid dienone is 1. The summed E-state index contributed by atoms with van der Waals surface area (Å²) >= 11 is 0. The van der Waals surface area contributed by atoms with Gasteiger partial charge in [0.2, 0.25) is 0 Å². The molecule has 8 rings (SSSR count). The summed E-state index contributed by atoms with van der Waals surface area (Å²) in [4.78, 5) is 41.4. The van der Waals surface area contributed by atoms with Gasteiger partial charge in [-0.05, 0) is 117 Å². The maximum atomic E-state index is 14.5. The molecule has 0 fully saturated rings. The summed E-state index contributed by atoms with van der Waals surface area (Å²) in [5, 5.41) is 0.630. The fourth-order valence-corrected chi connectivity index (χ4v) is 8.44. The Balaban J connectivity index is 1.22. The zero-order chi connectivity index (χ0) is 38.8. The van der Waals surface area contributed by atoms with Crippen molar-refractivity contribution in [2.75, 3.05) is 0 Å². The van der Waals surface area contributed by atoms with Crippen LogP contribution in [-0.4, -0.2) is 23.6 Å². The highest BCUT2D eigenvalue weighted by Gasteiger charge is 2.53. The van der Waals surface area contributed by atoms with Gasteiger partial charge in [0, 0.05) is 29.9 Å². The number of rotatable bonds is 5. The lowest BCUT2D eigenvalue weighted by Gasteiger charge is -2.44. The van der Waals surface area contributed by atoms with Crippen LogP contribution in [0.3, 0.4) is 0 Å². The van der Waals surface area contributed by atoms with Crippen molar-refractivity contribution in [3.8, 4) is 17.6 Å². The number of fused-ring (bicyclic) bond motifs is 7. The molecule has 3 aliphatic heterocycles. The average Bonchev–Trinajstić information content (AvgIpc) is 3.17. The van der Waals surface area contributed by atoms with E-state index in [1.807, 2.05) is 26.8 Å². The summed E-state index contributed by atoms with van der Waals surface area (Å²) < 4.78 is 25.5. The van der Waals surface area contributed by atoms with Crippen LogP contribution in [0.5, 0.6) is 5.75 Å². The van der Waals surface area contributed by atoms with E-state index >= 15 is 0 Å². The normalized spacial score (nSPS) is 22.1. The number of hydrogen-bond acceptors (Lipinski definition) is 7. The maximum absolute atomic E-state index is 14.5. The first-order valence-corrected chi connectivity index (χ1v) is 19.6. The third-order valence-electron chi connectivity index (χ3n) is 11.5. The first kappa shape index (κ1) is 37.1. The molecule has 5 aromatic rings. The van der Waals surface area contributed by atoms with Crippen LogP contribution in [0.4, 0.5) is 0 Å². The fraction of sp³-hybridized carbons (Fsp3) is 0.327. The van der Waals surface area contributed by atoms with Crippen LogP contribution in [0.25, 0.3) is 11.0 Å². The Morgan fingerprint density at radius 1 is 0.786 bits per heavy atom. The minimum absolute atomic E-state index is 0.0666. The number of carbonyl (C=O) groups excluding carboxylic acids is 2. The predicted octanol–water partition coefficient (Wildman–Crippen LogP) is 9.15. The molecule has 1 aromatic heterocycles. The van der Waals surface area contributed by atoms with E-state index in [1.54, 1.807) is 18.2 Å². The molecular formula is C49H46O7. The highest BCUT2D eigenvalue weighted by atomic mass is 16.6. The maximum Gasteiger partial charge on any atom is 0.336 e. The topological polar surface area (TPSA) is 92.0 Å². The van der Waals surface area contributed by atoms with Crippen molar-refractivity contribution in [2.45, 2.75) is 96.4 Å². The summed E-state index contributed by atoms with van der Waals surface area (Å²) in [5.74, 6) is 6.15. The van der Waals surface area contributed by atoms with Gasteiger partial charge in [-0.3, -0.25) is 4.79 Å². The Hall–Kier alpha value is -5.87. The number of aryl methyl sites for hydroxylation is 2. The van der Waals surface area contributed by atoms with Crippen LogP contribution >= 0.6 is 0 Å². The van der Waals surface area contributed by atoms with Gasteiger partial charge in [-0.25, -0.2) is 9.59 Å². The van der Waals surface area contributed by atoms with Gasteiger partial charge in [0.05, 0.1) is 12.0 Å². The molecule has 0 saturated carbocycles. The number of ether oxygens (including phenoxy) is 3. The summed E-state index contributed by atoms with van der Waals surface area (Å²) in [5.41, 5.74) is 7.36. The summed E-state index contributed by atoms with van der Waals surface area (Å²) in [6, 6.07) is 32.3.